The first kappa shape index (κ1) is 62.7. The van der Waals surface area contributed by atoms with E-state index in [0.29, 0.717) is 36.3 Å². The zero-order valence-corrected chi connectivity index (χ0v) is 51.4. The van der Waals surface area contributed by atoms with Gasteiger partial charge in [0.15, 0.2) is 14.5 Å². The molecule has 1 aromatic heterocycles. The van der Waals surface area contributed by atoms with Gasteiger partial charge >= 0.3 is 11.7 Å². The molecule has 7 rings (SSSR count). The van der Waals surface area contributed by atoms with E-state index in [9.17, 15) is 19.6 Å². The van der Waals surface area contributed by atoms with Crippen LogP contribution in [0.25, 0.3) is 0 Å². The van der Waals surface area contributed by atoms with Crippen molar-refractivity contribution in [3.05, 3.63) is 124 Å². The molecule has 8 atom stereocenters. The minimum absolute atomic E-state index is 0.00104. The third kappa shape index (κ3) is 16.0. The molecule has 0 bridgehead atoms. The molecular weight excluding hydrogens is 1070 g/mol. The lowest BCUT2D eigenvalue weighted by Crippen LogP contribution is -2.51. The summed E-state index contributed by atoms with van der Waals surface area (Å²) in [4.78, 5) is 43.3. The number of carbonyl (C=O) groups excluding carboxylic acids is 2. The molecule has 4 N–H and O–H groups in total. The summed E-state index contributed by atoms with van der Waals surface area (Å²) in [6, 6.07) is 32.6. The molecule has 4 aromatic rings. The maximum absolute atomic E-state index is 14.5. The average Bonchev–Trinajstić information content (AvgIpc) is 4.26. The van der Waals surface area contributed by atoms with Crippen LogP contribution in [0.15, 0.2) is 102 Å². The molecule has 20 heteroatoms. The first-order valence-electron chi connectivity index (χ1n) is 28.6. The molecule has 0 radical (unpaired) electrons. The molecule has 1 unspecified atom stereocenters. The number of nitrogens with one attached hydrogen (secondary N) is 4. The number of ether oxygens (including phenoxy) is 3. The molecule has 3 fully saturated rings. The van der Waals surface area contributed by atoms with E-state index in [0.717, 1.165) is 67.4 Å². The van der Waals surface area contributed by atoms with Crippen LogP contribution in [0.4, 0.5) is 10.6 Å². The van der Waals surface area contributed by atoms with Crippen LogP contribution in [0, 0.1) is 11.3 Å². The van der Waals surface area contributed by atoms with Gasteiger partial charge in [0, 0.05) is 48.8 Å². The Hall–Kier alpha value is -4.87. The van der Waals surface area contributed by atoms with Crippen LogP contribution in [0.1, 0.15) is 129 Å². The van der Waals surface area contributed by atoms with Gasteiger partial charge in [-0.2, -0.15) is 22.0 Å². The first-order valence-corrected chi connectivity index (χ1v) is 33.7. The molecule has 0 aliphatic carbocycles. The van der Waals surface area contributed by atoms with Crippen LogP contribution in [-0.2, 0) is 33.3 Å². The number of fused-ring (bicyclic) bond motifs is 1. The fourth-order valence-corrected chi connectivity index (χ4v) is 15.1. The number of methoxy groups -OCH3 is 1. The summed E-state index contributed by atoms with van der Waals surface area (Å²) in [6.45, 7) is 20.8. The molecule has 3 saturated heterocycles. The Morgan fingerprint density at radius 1 is 0.887 bits per heavy atom. The van der Waals surface area contributed by atoms with Gasteiger partial charge in [-0.3, -0.25) is 9.36 Å². The second-order valence-corrected chi connectivity index (χ2v) is 30.5. The molecular formula is C60H87N8O9PSSi. The molecule has 3 aromatic carbocycles. The van der Waals surface area contributed by atoms with Crippen molar-refractivity contribution in [1.29, 1.82) is 5.26 Å². The van der Waals surface area contributed by atoms with E-state index in [2.05, 4.69) is 123 Å². The molecule has 436 valence electrons. The summed E-state index contributed by atoms with van der Waals surface area (Å²) in [6.07, 6.45) is 5.34. The van der Waals surface area contributed by atoms with Crippen molar-refractivity contribution < 1.29 is 37.3 Å². The third-order valence-corrected chi connectivity index (χ3v) is 23.7. The molecule has 3 aliphatic heterocycles. The van der Waals surface area contributed by atoms with Crippen LogP contribution in [0.3, 0.4) is 0 Å². The largest absolute Gasteiger partial charge is 0.497 e. The Morgan fingerprint density at radius 2 is 1.54 bits per heavy atom. The lowest BCUT2D eigenvalue weighted by Gasteiger charge is -2.42. The summed E-state index contributed by atoms with van der Waals surface area (Å²) in [7, 11) is -2.84. The highest BCUT2D eigenvalue weighted by Gasteiger charge is 2.54. The van der Waals surface area contributed by atoms with Gasteiger partial charge in [-0.1, -0.05) is 113 Å². The molecule has 3 amide bonds. The SMILES string of the molecule is COc1ccc(C(OC[C@H]2O[C@@H](n3ccc(NCCCCCCNC(=O)CCCC[C@@H]4SC[C@@H]5NC(=O)N[C@@H]54)nc3=O)[C@H](OP(OCCC#N)N(C(C)C)C(C)C)[C@@H]2O[Si](C)(C)C(C)(C)C)(c2ccccc2)c2ccccc2)cc1. The van der Waals surface area contributed by atoms with Crippen molar-refractivity contribution in [2.45, 2.75) is 184 Å². The summed E-state index contributed by atoms with van der Waals surface area (Å²) in [5.41, 5.74) is 1.03. The number of hydrogen-bond acceptors (Lipinski definition) is 14. The van der Waals surface area contributed by atoms with E-state index >= 15 is 0 Å². The Kier molecular flexibility index (Phi) is 23.0. The number of rotatable bonds is 31. The topological polar surface area (TPSA) is 200 Å². The lowest BCUT2D eigenvalue weighted by molar-refractivity contribution is -0.121. The van der Waals surface area contributed by atoms with E-state index in [1.54, 1.807) is 19.4 Å². The van der Waals surface area contributed by atoms with Crippen LogP contribution in [-0.4, -0.2) is 121 Å². The van der Waals surface area contributed by atoms with Gasteiger partial charge in [0.05, 0.1) is 44.9 Å². The standard InChI is InChI=1S/C60H87N8O9PSSi/c1-42(2)68(43(3)4)78(74-39-23-35-61)76-55-54(77-80(9,10)59(5,6)7)49(40-73-60(44-24-15-13-16-25-44,45-26-17-14-18-27-45)46-30-32-47(72-8)33-31-46)75-56(55)67-38-34-51(65-58(67)71)62-36-21-11-12-22-37-63-52(69)29-20-19-28-50-53-48(41-79-50)64-57(70)66-53/h13-18,24-27,30-34,38,42-43,48-50,53-56H,11-12,19-23,28-29,36-37,39-41H2,1-10H3,(H,63,69)(H,62,65,71)(H2,64,66,70)/t48-,49+,50-,53-,54+,55+,56+,78?/m0/s1. The first-order chi connectivity index (χ1) is 38.4. The predicted octanol–water partition coefficient (Wildman–Crippen LogP) is 11.0. The Morgan fingerprint density at radius 3 is 2.15 bits per heavy atom. The van der Waals surface area contributed by atoms with Gasteiger partial charge in [-0.25, -0.2) is 14.3 Å². The van der Waals surface area contributed by atoms with Gasteiger partial charge < -0.3 is 49.0 Å². The number of thioether (sulfide) groups is 1. The van der Waals surface area contributed by atoms with Crippen molar-refractivity contribution in [2.24, 2.45) is 0 Å². The number of amides is 3. The molecule has 17 nitrogen and oxygen atoms in total. The highest BCUT2D eigenvalue weighted by molar-refractivity contribution is 8.00. The molecule has 4 heterocycles. The number of anilines is 1. The number of aromatic nitrogens is 2. The second-order valence-electron chi connectivity index (χ2n) is 23.0. The fourth-order valence-electron chi connectivity index (χ4n) is 10.5. The second kappa shape index (κ2) is 29.4. The number of carbonyl (C=O) groups is 2. The number of nitriles is 1. The van der Waals surface area contributed by atoms with Gasteiger partial charge in [-0.15, -0.1) is 0 Å². The molecule has 0 spiro atoms. The molecule has 80 heavy (non-hydrogen) atoms. The van der Waals surface area contributed by atoms with Crippen molar-refractivity contribution in [3.8, 4) is 11.8 Å². The average molecular weight is 1160 g/mol. The smallest absolute Gasteiger partial charge is 0.351 e. The van der Waals surface area contributed by atoms with E-state index in [-0.39, 0.29) is 60.8 Å². The van der Waals surface area contributed by atoms with Gasteiger partial charge in [-0.05, 0) is 106 Å². The van der Waals surface area contributed by atoms with Crippen LogP contribution < -0.4 is 31.7 Å². The number of benzene rings is 3. The predicted molar refractivity (Wildman–Crippen MR) is 320 cm³/mol. The Balaban J connectivity index is 1.09. The van der Waals surface area contributed by atoms with Crippen molar-refractivity contribution >= 4 is 46.4 Å². The van der Waals surface area contributed by atoms with Crippen LogP contribution >= 0.6 is 20.3 Å². The Labute approximate surface area is 481 Å². The van der Waals surface area contributed by atoms with E-state index in [1.807, 2.05) is 72.4 Å². The number of hydrogen-bond donors (Lipinski definition) is 4. The zero-order valence-electron chi connectivity index (χ0n) is 48.7. The van der Waals surface area contributed by atoms with Crippen molar-refractivity contribution in [2.75, 3.05) is 44.5 Å². The highest BCUT2D eigenvalue weighted by atomic mass is 32.2. The summed E-state index contributed by atoms with van der Waals surface area (Å²) in [5.74, 6) is 2.18. The van der Waals surface area contributed by atoms with Crippen LogP contribution in [0.2, 0.25) is 18.1 Å². The molecule has 3 aliphatic rings. The monoisotopic (exact) mass is 1150 g/mol. The minimum atomic E-state index is -2.65. The summed E-state index contributed by atoms with van der Waals surface area (Å²) >= 11 is 1.90. The fraction of sp³-hybridized carbons (Fsp3) is 0.583. The number of nitrogens with zero attached hydrogens (tertiary/aromatic N) is 4. The third-order valence-electron chi connectivity index (χ3n) is 15.6. The van der Waals surface area contributed by atoms with E-state index in [4.69, 9.17) is 27.7 Å². The van der Waals surface area contributed by atoms with Crippen molar-refractivity contribution in [1.82, 2.24) is 30.2 Å². The molecule has 0 saturated carbocycles. The van der Waals surface area contributed by atoms with Gasteiger partial charge in [0.2, 0.25) is 5.91 Å². The maximum atomic E-state index is 14.5. The number of unbranched alkanes of at least 4 members (excludes halogenated alkanes) is 4. The summed E-state index contributed by atoms with van der Waals surface area (Å²) in [5, 5.41) is 22.3. The lowest BCUT2D eigenvalue weighted by atomic mass is 9.80. The zero-order chi connectivity index (χ0) is 57.5. The summed E-state index contributed by atoms with van der Waals surface area (Å²) < 4.78 is 45.4. The van der Waals surface area contributed by atoms with Crippen LogP contribution in [0.5, 0.6) is 5.75 Å². The number of urea groups is 1. The maximum Gasteiger partial charge on any atom is 0.351 e. The minimum Gasteiger partial charge on any atom is -0.497 e. The van der Waals surface area contributed by atoms with E-state index < -0.39 is 52.7 Å². The quantitative estimate of drug-likeness (QED) is 0.0122. The Bertz CT molecular complexity index is 2630. The van der Waals surface area contributed by atoms with Gasteiger partial charge in [0.25, 0.3) is 8.53 Å². The normalized spacial score (nSPS) is 21.6. The highest BCUT2D eigenvalue weighted by Crippen LogP contribution is 2.53. The van der Waals surface area contributed by atoms with Crippen molar-refractivity contribution in [3.63, 3.8) is 0 Å². The van der Waals surface area contributed by atoms with E-state index in [1.165, 1.54) is 4.57 Å². The van der Waals surface area contributed by atoms with Gasteiger partial charge in [0.1, 0.15) is 35.5 Å².